The van der Waals surface area contributed by atoms with E-state index in [0.29, 0.717) is 10.0 Å². The maximum Gasteiger partial charge on any atom is 0.267 e. The van der Waals surface area contributed by atoms with Crippen LogP contribution in [0.25, 0.3) is 0 Å². The van der Waals surface area contributed by atoms with E-state index in [4.69, 9.17) is 0 Å². The van der Waals surface area contributed by atoms with E-state index in [0.717, 1.165) is 22.5 Å². The molecule has 2 N–H and O–H groups in total. The summed E-state index contributed by atoms with van der Waals surface area (Å²) in [5, 5.41) is 7.01. The molecule has 0 spiro atoms. The predicted octanol–water partition coefficient (Wildman–Crippen LogP) is 5.68. The van der Waals surface area contributed by atoms with E-state index in [9.17, 15) is 4.79 Å². The number of carbonyl (C=O) groups is 1. The van der Waals surface area contributed by atoms with Gasteiger partial charge in [0.05, 0.1) is 6.20 Å². The number of rotatable bonds is 4. The highest BCUT2D eigenvalue weighted by Gasteiger charge is 2.14. The van der Waals surface area contributed by atoms with Crippen molar-refractivity contribution >= 4 is 33.8 Å². The first-order valence-electron chi connectivity index (χ1n) is 8.52. The second-order valence-corrected chi connectivity index (χ2v) is 7.79. The number of benzene rings is 2. The van der Waals surface area contributed by atoms with Gasteiger partial charge in [-0.15, -0.1) is 0 Å². The summed E-state index contributed by atoms with van der Waals surface area (Å²) >= 11 is 1.35. The zero-order valence-electron chi connectivity index (χ0n) is 15.7. The van der Waals surface area contributed by atoms with Crippen molar-refractivity contribution in [2.45, 2.75) is 34.6 Å². The van der Waals surface area contributed by atoms with Crippen molar-refractivity contribution in [3.63, 3.8) is 0 Å². The normalized spacial score (nSPS) is 10.7. The van der Waals surface area contributed by atoms with E-state index in [1.54, 1.807) is 6.20 Å². The number of nitrogens with zero attached hydrogens (tertiary/aromatic N) is 1. The van der Waals surface area contributed by atoms with Crippen LogP contribution in [0.2, 0.25) is 0 Å². The first-order valence-corrected chi connectivity index (χ1v) is 9.34. The minimum absolute atomic E-state index is 0.133. The van der Waals surface area contributed by atoms with Crippen molar-refractivity contribution in [3.05, 3.63) is 69.2 Å². The first-order chi connectivity index (χ1) is 12.3. The van der Waals surface area contributed by atoms with Crippen molar-refractivity contribution in [3.8, 4) is 0 Å². The summed E-state index contributed by atoms with van der Waals surface area (Å²) in [5.74, 6) is -0.133. The highest BCUT2D eigenvalue weighted by molar-refractivity contribution is 7.17. The van der Waals surface area contributed by atoms with Crippen LogP contribution in [0.4, 0.5) is 16.5 Å². The SMILES string of the molecule is Cc1cc(C)cc(Nc2ncc(C(=O)Nc3c(C)cc(C)cc3C)s2)c1. The summed E-state index contributed by atoms with van der Waals surface area (Å²) in [5.41, 5.74) is 7.55. The third kappa shape index (κ3) is 4.11. The van der Waals surface area contributed by atoms with Crippen LogP contribution in [0, 0.1) is 34.6 Å². The maximum atomic E-state index is 12.6. The third-order valence-electron chi connectivity index (χ3n) is 4.12. The molecule has 0 saturated heterocycles. The first kappa shape index (κ1) is 18.1. The molecule has 0 atom stereocenters. The smallest absolute Gasteiger partial charge is 0.267 e. The van der Waals surface area contributed by atoms with Gasteiger partial charge >= 0.3 is 0 Å². The minimum Gasteiger partial charge on any atom is -0.332 e. The fraction of sp³-hybridized carbons (Fsp3) is 0.238. The van der Waals surface area contributed by atoms with Gasteiger partial charge in [-0.2, -0.15) is 0 Å². The Morgan fingerprint density at radius 1 is 0.885 bits per heavy atom. The Morgan fingerprint density at radius 2 is 1.46 bits per heavy atom. The molecule has 3 rings (SSSR count). The van der Waals surface area contributed by atoms with Crippen LogP contribution < -0.4 is 10.6 Å². The molecule has 1 aromatic heterocycles. The number of carbonyl (C=O) groups excluding carboxylic acids is 1. The molecule has 3 aromatic rings. The van der Waals surface area contributed by atoms with Crippen LogP contribution in [0.5, 0.6) is 0 Å². The van der Waals surface area contributed by atoms with Crippen LogP contribution in [0.3, 0.4) is 0 Å². The lowest BCUT2D eigenvalue weighted by Crippen LogP contribution is -2.12. The molecule has 0 aliphatic rings. The van der Waals surface area contributed by atoms with Crippen molar-refractivity contribution < 1.29 is 4.79 Å². The van der Waals surface area contributed by atoms with Gasteiger partial charge < -0.3 is 10.6 Å². The van der Waals surface area contributed by atoms with Crippen LogP contribution in [0.15, 0.2) is 36.5 Å². The van der Waals surface area contributed by atoms with Gasteiger partial charge in [-0.05, 0) is 69.0 Å². The molecule has 0 radical (unpaired) electrons. The van der Waals surface area contributed by atoms with Crippen LogP contribution in [-0.2, 0) is 0 Å². The highest BCUT2D eigenvalue weighted by Crippen LogP contribution is 2.26. The van der Waals surface area contributed by atoms with Crippen LogP contribution >= 0.6 is 11.3 Å². The van der Waals surface area contributed by atoms with E-state index in [2.05, 4.69) is 66.7 Å². The molecular weight excluding hydrogens is 342 g/mol. The van der Waals surface area contributed by atoms with Gasteiger partial charge in [-0.3, -0.25) is 4.79 Å². The average Bonchev–Trinajstić information content (AvgIpc) is 2.98. The third-order valence-corrected chi connectivity index (χ3v) is 5.03. The standard InChI is InChI=1S/C21H23N3OS/c1-12-6-13(2)10-17(9-12)23-21-22-11-18(26-21)20(25)24-19-15(4)7-14(3)8-16(19)5/h6-11H,1-5H3,(H,22,23)(H,24,25). The Morgan fingerprint density at radius 3 is 2.08 bits per heavy atom. The molecular formula is C21H23N3OS. The Kier molecular flexibility index (Phi) is 5.09. The number of hydrogen-bond donors (Lipinski definition) is 2. The lowest BCUT2D eigenvalue weighted by atomic mass is 10.1. The van der Waals surface area contributed by atoms with Gasteiger partial charge in [-0.1, -0.05) is 35.1 Å². The summed E-state index contributed by atoms with van der Waals surface area (Å²) in [7, 11) is 0. The van der Waals surface area contributed by atoms with Gasteiger partial charge in [0.25, 0.3) is 5.91 Å². The fourth-order valence-corrected chi connectivity index (χ4v) is 3.89. The summed E-state index contributed by atoms with van der Waals surface area (Å²) in [6.45, 7) is 10.2. The summed E-state index contributed by atoms with van der Waals surface area (Å²) in [6, 6.07) is 10.4. The van der Waals surface area contributed by atoms with Gasteiger partial charge in [0.2, 0.25) is 0 Å². The highest BCUT2D eigenvalue weighted by atomic mass is 32.1. The summed E-state index contributed by atoms with van der Waals surface area (Å²) in [4.78, 5) is 17.5. The van der Waals surface area contributed by atoms with E-state index in [1.165, 1.54) is 28.0 Å². The molecule has 5 heteroatoms. The zero-order valence-corrected chi connectivity index (χ0v) is 16.5. The maximum absolute atomic E-state index is 12.6. The predicted molar refractivity (Wildman–Crippen MR) is 110 cm³/mol. The number of anilines is 3. The van der Waals surface area contributed by atoms with Crippen LogP contribution in [-0.4, -0.2) is 10.9 Å². The molecule has 1 heterocycles. The van der Waals surface area contributed by atoms with E-state index in [1.807, 2.05) is 13.8 Å². The molecule has 0 bridgehead atoms. The number of aromatic nitrogens is 1. The van der Waals surface area contributed by atoms with Crippen molar-refractivity contribution in [1.82, 2.24) is 4.98 Å². The van der Waals surface area contributed by atoms with Crippen molar-refractivity contribution in [1.29, 1.82) is 0 Å². The Labute approximate surface area is 158 Å². The van der Waals surface area contributed by atoms with E-state index < -0.39 is 0 Å². The Balaban J connectivity index is 1.76. The molecule has 2 aromatic carbocycles. The zero-order chi connectivity index (χ0) is 18.8. The molecule has 0 saturated carbocycles. The lowest BCUT2D eigenvalue weighted by molar-refractivity contribution is 0.103. The minimum atomic E-state index is -0.133. The summed E-state index contributed by atoms with van der Waals surface area (Å²) in [6.07, 6.45) is 1.61. The van der Waals surface area contributed by atoms with Gasteiger partial charge in [0.15, 0.2) is 5.13 Å². The molecule has 0 unspecified atom stereocenters. The van der Waals surface area contributed by atoms with E-state index in [-0.39, 0.29) is 5.91 Å². The second-order valence-electron chi connectivity index (χ2n) is 6.76. The summed E-state index contributed by atoms with van der Waals surface area (Å²) < 4.78 is 0. The number of nitrogens with one attached hydrogen (secondary N) is 2. The number of amides is 1. The van der Waals surface area contributed by atoms with Gasteiger partial charge in [0.1, 0.15) is 4.88 Å². The number of hydrogen-bond acceptors (Lipinski definition) is 4. The van der Waals surface area contributed by atoms with Gasteiger partial charge in [0, 0.05) is 11.4 Å². The van der Waals surface area contributed by atoms with Crippen molar-refractivity contribution in [2.24, 2.45) is 0 Å². The molecule has 0 fully saturated rings. The number of aryl methyl sites for hydroxylation is 5. The largest absolute Gasteiger partial charge is 0.332 e. The Bertz CT molecular complexity index is 932. The quantitative estimate of drug-likeness (QED) is 0.625. The molecule has 1 amide bonds. The van der Waals surface area contributed by atoms with Crippen LogP contribution in [0.1, 0.15) is 37.5 Å². The topological polar surface area (TPSA) is 54.0 Å². The molecule has 0 aliphatic heterocycles. The lowest BCUT2D eigenvalue weighted by Gasteiger charge is -2.12. The molecule has 134 valence electrons. The van der Waals surface area contributed by atoms with Gasteiger partial charge in [-0.25, -0.2) is 4.98 Å². The Hall–Kier alpha value is -2.66. The average molecular weight is 366 g/mol. The van der Waals surface area contributed by atoms with E-state index >= 15 is 0 Å². The number of thiazole rings is 1. The molecule has 4 nitrogen and oxygen atoms in total. The second kappa shape index (κ2) is 7.30. The molecule has 26 heavy (non-hydrogen) atoms. The molecule has 0 aliphatic carbocycles. The van der Waals surface area contributed by atoms with Crippen molar-refractivity contribution in [2.75, 3.05) is 10.6 Å². The monoisotopic (exact) mass is 365 g/mol. The fourth-order valence-electron chi connectivity index (χ4n) is 3.16.